The van der Waals surface area contributed by atoms with Gasteiger partial charge in [0.05, 0.1) is 20.6 Å². The van der Waals surface area contributed by atoms with Crippen molar-refractivity contribution in [2.45, 2.75) is 103 Å². The quantitative estimate of drug-likeness (QED) is 0.133. The molecule has 0 saturated carbocycles. The first-order valence-electron chi connectivity index (χ1n) is 11.6. The van der Waals surface area contributed by atoms with Crippen molar-refractivity contribution in [3.05, 3.63) is 12.2 Å². The van der Waals surface area contributed by atoms with Crippen molar-refractivity contribution < 1.29 is 19.1 Å². The second-order valence-electron chi connectivity index (χ2n) is 9.12. The Balaban J connectivity index is 3.55. The average Bonchev–Trinajstić information content (AvgIpc) is 2.63. The fourth-order valence-electron chi connectivity index (χ4n) is 3.57. The number of aliphatic hydroxyl groups excluding tert-OH is 1. The van der Waals surface area contributed by atoms with Gasteiger partial charge in [0.25, 0.3) is 0 Å². The van der Waals surface area contributed by atoms with E-state index in [1.807, 2.05) is 0 Å². The first-order chi connectivity index (χ1) is 13.3. The summed E-state index contributed by atoms with van der Waals surface area (Å²) in [6.07, 6.45) is 17.1. The number of ether oxygens (including phenoxy) is 1. The van der Waals surface area contributed by atoms with Crippen LogP contribution in [0.5, 0.6) is 0 Å². The molecule has 0 aliphatic rings. The third-order valence-corrected chi connectivity index (χ3v) is 5.33. The lowest BCUT2D eigenvalue weighted by Gasteiger charge is -2.31. The van der Waals surface area contributed by atoms with E-state index in [0.717, 1.165) is 11.0 Å². The molecule has 166 valence electrons. The van der Waals surface area contributed by atoms with Crippen LogP contribution in [0.1, 0.15) is 97.3 Å². The summed E-state index contributed by atoms with van der Waals surface area (Å²) in [4.78, 5) is 11.4. The van der Waals surface area contributed by atoms with Gasteiger partial charge >= 0.3 is 5.97 Å². The molecule has 0 fully saturated rings. The van der Waals surface area contributed by atoms with Gasteiger partial charge in [-0.1, -0.05) is 84.1 Å². The van der Waals surface area contributed by atoms with E-state index in [1.54, 1.807) is 6.92 Å². The molecule has 28 heavy (non-hydrogen) atoms. The first kappa shape index (κ1) is 27.1. The second kappa shape index (κ2) is 17.0. The Morgan fingerprint density at radius 3 is 1.75 bits per heavy atom. The molecule has 0 aliphatic heterocycles. The summed E-state index contributed by atoms with van der Waals surface area (Å²) in [7, 11) is 4.26. The van der Waals surface area contributed by atoms with Crippen molar-refractivity contribution in [1.29, 1.82) is 0 Å². The molecule has 0 rings (SSSR count). The Bertz CT molecular complexity index is 407. The van der Waals surface area contributed by atoms with Crippen molar-refractivity contribution in [1.82, 2.24) is 0 Å². The van der Waals surface area contributed by atoms with Crippen LogP contribution in [0.2, 0.25) is 0 Å². The highest BCUT2D eigenvalue weighted by Gasteiger charge is 2.21. The number of likely N-dealkylation sites (N-methyl/N-ethyl adjacent to an activating group) is 1. The number of esters is 1. The fourth-order valence-corrected chi connectivity index (χ4v) is 3.57. The van der Waals surface area contributed by atoms with Crippen LogP contribution in [-0.4, -0.2) is 55.5 Å². The number of hydrogen-bond acceptors (Lipinski definition) is 3. The van der Waals surface area contributed by atoms with E-state index >= 15 is 0 Å². The van der Waals surface area contributed by atoms with E-state index in [2.05, 4.69) is 27.6 Å². The molecule has 0 aromatic heterocycles. The molecule has 0 spiro atoms. The molecule has 0 aliphatic carbocycles. The first-order valence-corrected chi connectivity index (χ1v) is 11.6. The largest absolute Gasteiger partial charge is 0.459 e. The minimum atomic E-state index is -0.625. The molecular formula is C24H48NO3+. The van der Waals surface area contributed by atoms with Gasteiger partial charge < -0.3 is 14.3 Å². The summed E-state index contributed by atoms with van der Waals surface area (Å²) in [5.74, 6) is -0.430. The molecule has 1 atom stereocenters. The van der Waals surface area contributed by atoms with E-state index in [1.165, 1.54) is 83.5 Å². The number of carbonyl (C=O) groups is 1. The predicted molar refractivity (Wildman–Crippen MR) is 119 cm³/mol. The molecule has 0 aromatic carbocycles. The Morgan fingerprint density at radius 2 is 1.32 bits per heavy atom. The van der Waals surface area contributed by atoms with Gasteiger partial charge in [-0.15, -0.1) is 0 Å². The lowest BCUT2D eigenvalue weighted by molar-refractivity contribution is -0.893. The zero-order valence-electron chi connectivity index (χ0n) is 19.3. The molecule has 4 nitrogen and oxygen atoms in total. The van der Waals surface area contributed by atoms with Crippen molar-refractivity contribution in [2.75, 3.05) is 33.8 Å². The molecular weight excluding hydrogens is 350 g/mol. The Morgan fingerprint density at radius 1 is 0.893 bits per heavy atom. The third kappa shape index (κ3) is 17.2. The van der Waals surface area contributed by atoms with Crippen LogP contribution in [-0.2, 0) is 9.53 Å². The smallest absolute Gasteiger partial charge is 0.333 e. The van der Waals surface area contributed by atoms with Gasteiger partial charge in [-0.25, -0.2) is 4.79 Å². The van der Waals surface area contributed by atoms with Gasteiger partial charge in [-0.05, 0) is 19.8 Å². The number of carbonyl (C=O) groups excluding carboxylic acids is 1. The minimum Gasteiger partial charge on any atom is -0.459 e. The van der Waals surface area contributed by atoms with E-state index in [4.69, 9.17) is 4.74 Å². The predicted octanol–water partition coefficient (Wildman–Crippen LogP) is 5.63. The number of hydrogen-bond donors (Lipinski definition) is 1. The van der Waals surface area contributed by atoms with E-state index < -0.39 is 12.1 Å². The van der Waals surface area contributed by atoms with Crippen LogP contribution >= 0.6 is 0 Å². The van der Waals surface area contributed by atoms with Crippen molar-refractivity contribution in [3.8, 4) is 0 Å². The van der Waals surface area contributed by atoms with Crippen LogP contribution in [0.4, 0.5) is 0 Å². The summed E-state index contributed by atoms with van der Waals surface area (Å²) in [6, 6.07) is 0. The molecule has 4 heteroatoms. The second-order valence-corrected chi connectivity index (χ2v) is 9.12. The van der Waals surface area contributed by atoms with Gasteiger partial charge in [-0.3, -0.25) is 0 Å². The summed E-state index contributed by atoms with van der Waals surface area (Å²) in [5.41, 5.74) is 0.368. The van der Waals surface area contributed by atoms with Crippen LogP contribution in [0.25, 0.3) is 0 Å². The normalized spacial score (nSPS) is 12.8. The van der Waals surface area contributed by atoms with E-state index in [9.17, 15) is 9.90 Å². The van der Waals surface area contributed by atoms with E-state index in [0.29, 0.717) is 12.1 Å². The van der Waals surface area contributed by atoms with Gasteiger partial charge in [0, 0.05) is 5.57 Å². The monoisotopic (exact) mass is 398 g/mol. The highest BCUT2D eigenvalue weighted by atomic mass is 16.5. The number of rotatable bonds is 19. The summed E-state index contributed by atoms with van der Waals surface area (Å²) in [5, 5.41) is 10.1. The summed E-state index contributed by atoms with van der Waals surface area (Å²) >= 11 is 0. The van der Waals surface area contributed by atoms with Crippen molar-refractivity contribution in [2.24, 2.45) is 0 Å². The molecule has 0 bridgehead atoms. The minimum absolute atomic E-state index is 0.0476. The Labute approximate surface area is 174 Å². The molecule has 0 radical (unpaired) electrons. The van der Waals surface area contributed by atoms with Crippen LogP contribution in [0, 0.1) is 0 Å². The van der Waals surface area contributed by atoms with Crippen molar-refractivity contribution >= 4 is 5.97 Å². The van der Waals surface area contributed by atoms with Crippen LogP contribution in [0.3, 0.4) is 0 Å². The van der Waals surface area contributed by atoms with Crippen molar-refractivity contribution in [3.63, 3.8) is 0 Å². The van der Waals surface area contributed by atoms with Gasteiger partial charge in [0.1, 0.15) is 19.3 Å². The SMILES string of the molecule is C=C(C)C(=O)OCC(O)C[N+](C)(C)CCCCCCCCCCCCCCC. The molecule has 1 N–H and O–H groups in total. The molecule has 1 unspecified atom stereocenters. The maximum atomic E-state index is 11.4. The van der Waals surface area contributed by atoms with Crippen LogP contribution in [0.15, 0.2) is 12.2 Å². The number of nitrogens with zero attached hydrogens (tertiary/aromatic N) is 1. The molecule has 0 heterocycles. The number of unbranched alkanes of at least 4 members (excludes halogenated alkanes) is 12. The lowest BCUT2D eigenvalue weighted by atomic mass is 10.0. The molecule has 0 amide bonds. The van der Waals surface area contributed by atoms with Gasteiger partial charge in [0.2, 0.25) is 0 Å². The average molecular weight is 399 g/mol. The highest BCUT2D eigenvalue weighted by molar-refractivity contribution is 5.86. The lowest BCUT2D eigenvalue weighted by Crippen LogP contribution is -2.47. The van der Waals surface area contributed by atoms with E-state index in [-0.39, 0.29) is 6.61 Å². The molecule has 0 saturated heterocycles. The maximum absolute atomic E-state index is 11.4. The Kier molecular flexibility index (Phi) is 16.5. The topological polar surface area (TPSA) is 46.5 Å². The zero-order valence-corrected chi connectivity index (χ0v) is 19.3. The highest BCUT2D eigenvalue weighted by Crippen LogP contribution is 2.13. The van der Waals surface area contributed by atoms with Gasteiger partial charge in [0.15, 0.2) is 0 Å². The maximum Gasteiger partial charge on any atom is 0.333 e. The number of quaternary nitrogens is 1. The van der Waals surface area contributed by atoms with Crippen LogP contribution < -0.4 is 0 Å². The summed E-state index contributed by atoms with van der Waals surface area (Å²) < 4.78 is 5.79. The summed E-state index contributed by atoms with van der Waals surface area (Å²) in [6.45, 7) is 9.12. The Hall–Kier alpha value is -0.870. The zero-order chi connectivity index (χ0) is 21.3. The van der Waals surface area contributed by atoms with Gasteiger partial charge in [-0.2, -0.15) is 0 Å². The number of aliphatic hydroxyl groups is 1. The standard InChI is InChI=1S/C24H48NO3/c1-6-7-8-9-10-11-12-13-14-15-16-17-18-19-25(4,5)20-23(26)21-28-24(27)22(2)3/h23,26H,2,6-21H2,1,3-5H3/q+1. The fraction of sp³-hybridized carbons (Fsp3) is 0.875. The third-order valence-electron chi connectivity index (χ3n) is 5.33. The molecule has 0 aromatic rings.